The second-order valence-electron chi connectivity index (χ2n) is 4.44. The van der Waals surface area contributed by atoms with Crippen molar-refractivity contribution in [2.45, 2.75) is 25.6 Å². The van der Waals surface area contributed by atoms with Crippen LogP contribution in [-0.2, 0) is 5.88 Å². The van der Waals surface area contributed by atoms with E-state index >= 15 is 0 Å². The Labute approximate surface area is 112 Å². The molecule has 1 N–H and O–H groups in total. The van der Waals surface area contributed by atoms with Gasteiger partial charge in [-0.3, -0.25) is 0 Å². The summed E-state index contributed by atoms with van der Waals surface area (Å²) in [7, 11) is 0. The third kappa shape index (κ3) is 3.20. The average molecular weight is 262 g/mol. The lowest BCUT2D eigenvalue weighted by Crippen LogP contribution is -1.98. The van der Waals surface area contributed by atoms with Gasteiger partial charge >= 0.3 is 0 Å². The van der Waals surface area contributed by atoms with Gasteiger partial charge in [-0.15, -0.1) is 11.6 Å². The smallest absolute Gasteiger partial charge is 0.133 e. The molecule has 0 aliphatic carbocycles. The first kappa shape index (κ1) is 12.8. The molecule has 0 spiro atoms. The van der Waals surface area contributed by atoms with Gasteiger partial charge in [-0.1, -0.05) is 26.0 Å². The molecule has 2 rings (SSSR count). The number of anilines is 2. The van der Waals surface area contributed by atoms with Gasteiger partial charge in [0.1, 0.15) is 12.1 Å². The summed E-state index contributed by atoms with van der Waals surface area (Å²) >= 11 is 5.75. The fourth-order valence-electron chi connectivity index (χ4n) is 1.58. The van der Waals surface area contributed by atoms with E-state index in [2.05, 4.69) is 29.1 Å². The fraction of sp³-hybridized carbons (Fsp3) is 0.286. The zero-order valence-corrected chi connectivity index (χ0v) is 11.3. The van der Waals surface area contributed by atoms with Gasteiger partial charge in [0.2, 0.25) is 0 Å². The van der Waals surface area contributed by atoms with Gasteiger partial charge in [-0.05, 0) is 23.6 Å². The Morgan fingerprint density at radius 3 is 2.50 bits per heavy atom. The van der Waals surface area contributed by atoms with E-state index in [0.29, 0.717) is 11.8 Å². The number of nitrogens with zero attached hydrogens (tertiary/aromatic N) is 2. The number of rotatable bonds is 4. The summed E-state index contributed by atoms with van der Waals surface area (Å²) in [6, 6.07) is 9.96. The summed E-state index contributed by atoms with van der Waals surface area (Å²) in [6.45, 7) is 4.22. The Hall–Kier alpha value is -1.61. The number of hydrogen-bond donors (Lipinski definition) is 1. The zero-order chi connectivity index (χ0) is 13.0. The highest BCUT2D eigenvalue weighted by Gasteiger charge is 2.03. The molecular weight excluding hydrogens is 246 g/mol. The van der Waals surface area contributed by atoms with E-state index in [-0.39, 0.29) is 0 Å². The topological polar surface area (TPSA) is 37.8 Å². The quantitative estimate of drug-likeness (QED) is 0.843. The van der Waals surface area contributed by atoms with E-state index in [1.807, 2.05) is 30.3 Å². The van der Waals surface area contributed by atoms with Crippen LogP contribution in [0.4, 0.5) is 11.5 Å². The maximum atomic E-state index is 5.75. The molecule has 0 fully saturated rings. The average Bonchev–Trinajstić information content (AvgIpc) is 2.40. The minimum Gasteiger partial charge on any atom is -0.340 e. The number of hydrogen-bond acceptors (Lipinski definition) is 3. The summed E-state index contributed by atoms with van der Waals surface area (Å²) < 4.78 is 0. The van der Waals surface area contributed by atoms with Crippen LogP contribution in [0.3, 0.4) is 0 Å². The summed E-state index contributed by atoms with van der Waals surface area (Å²) in [6.07, 6.45) is 1.59. The highest BCUT2D eigenvalue weighted by molar-refractivity contribution is 6.17. The van der Waals surface area contributed by atoms with Gasteiger partial charge in [0, 0.05) is 23.3 Å². The molecule has 0 bridgehead atoms. The molecule has 0 atom stereocenters. The highest BCUT2D eigenvalue weighted by atomic mass is 35.5. The van der Waals surface area contributed by atoms with E-state index in [4.69, 9.17) is 11.6 Å². The second-order valence-corrected chi connectivity index (χ2v) is 4.71. The third-order valence-electron chi connectivity index (χ3n) is 2.66. The van der Waals surface area contributed by atoms with E-state index < -0.39 is 0 Å². The summed E-state index contributed by atoms with van der Waals surface area (Å²) in [4.78, 5) is 8.45. The highest BCUT2D eigenvalue weighted by Crippen LogP contribution is 2.18. The van der Waals surface area contributed by atoms with Gasteiger partial charge in [0.25, 0.3) is 0 Å². The molecule has 0 aliphatic heterocycles. The largest absolute Gasteiger partial charge is 0.340 e. The second kappa shape index (κ2) is 5.83. The molecule has 0 saturated carbocycles. The van der Waals surface area contributed by atoms with Gasteiger partial charge in [0.15, 0.2) is 0 Å². The van der Waals surface area contributed by atoms with Gasteiger partial charge < -0.3 is 5.32 Å². The van der Waals surface area contributed by atoms with Gasteiger partial charge in [-0.2, -0.15) is 0 Å². The zero-order valence-electron chi connectivity index (χ0n) is 10.5. The van der Waals surface area contributed by atoms with E-state index in [9.17, 15) is 0 Å². The predicted molar refractivity (Wildman–Crippen MR) is 75.4 cm³/mol. The normalized spacial score (nSPS) is 10.7. The fourth-order valence-corrected chi connectivity index (χ4v) is 1.76. The molecule has 3 nitrogen and oxygen atoms in total. The van der Waals surface area contributed by atoms with E-state index in [1.54, 1.807) is 6.33 Å². The SMILES string of the molecule is CC(C)c1cc(Nc2ccc(CCl)cc2)ncn1. The van der Waals surface area contributed by atoms with Crippen molar-refractivity contribution in [1.29, 1.82) is 0 Å². The van der Waals surface area contributed by atoms with E-state index in [1.165, 1.54) is 0 Å². The lowest BCUT2D eigenvalue weighted by molar-refractivity contribution is 0.815. The lowest BCUT2D eigenvalue weighted by Gasteiger charge is -2.08. The first-order valence-electron chi connectivity index (χ1n) is 5.93. The van der Waals surface area contributed by atoms with Crippen LogP contribution in [0.5, 0.6) is 0 Å². The van der Waals surface area contributed by atoms with Crippen LogP contribution in [0.25, 0.3) is 0 Å². The number of aromatic nitrogens is 2. The van der Waals surface area contributed by atoms with Crippen molar-refractivity contribution < 1.29 is 0 Å². The van der Waals surface area contributed by atoms with Crippen LogP contribution in [0.15, 0.2) is 36.7 Å². The first-order valence-corrected chi connectivity index (χ1v) is 6.46. The van der Waals surface area contributed by atoms with Crippen molar-refractivity contribution in [2.75, 3.05) is 5.32 Å². The maximum absolute atomic E-state index is 5.75. The summed E-state index contributed by atoms with van der Waals surface area (Å²) in [5.74, 6) is 1.74. The molecule has 0 aliphatic rings. The number of benzene rings is 1. The molecule has 0 unspecified atom stereocenters. The molecule has 0 saturated heterocycles. The van der Waals surface area contributed by atoms with Gasteiger partial charge in [0.05, 0.1) is 0 Å². The molecule has 2 aromatic rings. The number of halogens is 1. The Kier molecular flexibility index (Phi) is 4.15. The first-order chi connectivity index (χ1) is 8.69. The maximum Gasteiger partial charge on any atom is 0.133 e. The molecule has 18 heavy (non-hydrogen) atoms. The summed E-state index contributed by atoms with van der Waals surface area (Å²) in [5, 5.41) is 3.26. The van der Waals surface area contributed by atoms with Crippen LogP contribution in [0, 0.1) is 0 Å². The predicted octanol–water partition coefficient (Wildman–Crippen LogP) is 4.08. The van der Waals surface area contributed by atoms with Crippen molar-refractivity contribution >= 4 is 23.1 Å². The van der Waals surface area contributed by atoms with Crippen LogP contribution in [0.1, 0.15) is 31.0 Å². The Morgan fingerprint density at radius 2 is 1.89 bits per heavy atom. The molecule has 94 valence electrons. The Bertz CT molecular complexity index is 509. The molecule has 1 heterocycles. The Morgan fingerprint density at radius 1 is 1.17 bits per heavy atom. The Balaban J connectivity index is 2.15. The molecule has 1 aromatic heterocycles. The summed E-state index contributed by atoms with van der Waals surface area (Å²) in [5.41, 5.74) is 3.13. The van der Waals surface area contributed by atoms with Crippen LogP contribution in [-0.4, -0.2) is 9.97 Å². The van der Waals surface area contributed by atoms with E-state index in [0.717, 1.165) is 22.8 Å². The molecule has 0 amide bonds. The molecular formula is C14H16ClN3. The van der Waals surface area contributed by atoms with Crippen molar-refractivity contribution in [3.05, 3.63) is 47.9 Å². The van der Waals surface area contributed by atoms with Crippen molar-refractivity contribution in [2.24, 2.45) is 0 Å². The monoisotopic (exact) mass is 261 g/mol. The van der Waals surface area contributed by atoms with Gasteiger partial charge in [-0.25, -0.2) is 9.97 Å². The van der Waals surface area contributed by atoms with Crippen molar-refractivity contribution in [3.63, 3.8) is 0 Å². The lowest BCUT2D eigenvalue weighted by atomic mass is 10.1. The van der Waals surface area contributed by atoms with Crippen LogP contribution in [0.2, 0.25) is 0 Å². The van der Waals surface area contributed by atoms with Crippen LogP contribution >= 0.6 is 11.6 Å². The third-order valence-corrected chi connectivity index (χ3v) is 2.97. The minimum atomic E-state index is 0.396. The van der Waals surface area contributed by atoms with Crippen LogP contribution < -0.4 is 5.32 Å². The number of alkyl halides is 1. The molecule has 0 radical (unpaired) electrons. The standard InChI is InChI=1S/C14H16ClN3/c1-10(2)13-7-14(17-9-16-13)18-12-5-3-11(8-15)4-6-12/h3-7,9-10H,8H2,1-2H3,(H,16,17,18). The molecule has 1 aromatic carbocycles. The number of nitrogens with one attached hydrogen (secondary N) is 1. The molecule has 4 heteroatoms. The minimum absolute atomic E-state index is 0.396. The van der Waals surface area contributed by atoms with Crippen molar-refractivity contribution in [1.82, 2.24) is 9.97 Å². The van der Waals surface area contributed by atoms with Crippen molar-refractivity contribution in [3.8, 4) is 0 Å².